The van der Waals surface area contributed by atoms with Crippen molar-refractivity contribution in [2.45, 2.75) is 13.2 Å². The molecule has 0 fully saturated rings. The molecule has 92 valence electrons. The van der Waals surface area contributed by atoms with E-state index in [0.29, 0.717) is 22.9 Å². The predicted octanol–water partition coefficient (Wildman–Crippen LogP) is -0.112. The first kappa shape index (κ1) is 11.1. The van der Waals surface area contributed by atoms with Crippen LogP contribution in [0.3, 0.4) is 0 Å². The molecule has 0 unspecified atom stereocenters. The number of aliphatic hydroxyl groups is 1. The third-order valence-electron chi connectivity index (χ3n) is 2.43. The van der Waals surface area contributed by atoms with Crippen LogP contribution >= 0.6 is 11.3 Å². The van der Waals surface area contributed by atoms with Gasteiger partial charge in [0.05, 0.1) is 25.0 Å². The van der Waals surface area contributed by atoms with E-state index in [-0.39, 0.29) is 12.2 Å². The van der Waals surface area contributed by atoms with Crippen LogP contribution in [0.1, 0.15) is 11.4 Å². The van der Waals surface area contributed by atoms with Crippen molar-refractivity contribution >= 4 is 16.3 Å². The van der Waals surface area contributed by atoms with Crippen LogP contribution in [0.15, 0.2) is 28.6 Å². The summed E-state index contributed by atoms with van der Waals surface area (Å²) < 4.78 is 3.03. The quantitative estimate of drug-likeness (QED) is 0.712. The lowest BCUT2D eigenvalue weighted by Crippen LogP contribution is -2.14. The van der Waals surface area contributed by atoms with Crippen LogP contribution in [0.25, 0.3) is 4.96 Å². The molecule has 1 N–H and O–H groups in total. The van der Waals surface area contributed by atoms with Gasteiger partial charge < -0.3 is 5.11 Å². The van der Waals surface area contributed by atoms with E-state index in [1.54, 1.807) is 12.4 Å². The Morgan fingerprint density at radius 1 is 1.39 bits per heavy atom. The second kappa shape index (κ2) is 4.31. The number of aromatic nitrogens is 5. The largest absolute Gasteiger partial charge is 0.390 e. The third-order valence-corrected chi connectivity index (χ3v) is 3.18. The van der Waals surface area contributed by atoms with Crippen LogP contribution in [0.5, 0.6) is 0 Å². The molecule has 0 aliphatic carbocycles. The Hall–Kier alpha value is -2.06. The van der Waals surface area contributed by atoms with Crippen LogP contribution in [0.2, 0.25) is 0 Å². The van der Waals surface area contributed by atoms with Gasteiger partial charge in [-0.2, -0.15) is 0 Å². The molecule has 3 aromatic rings. The van der Waals surface area contributed by atoms with Gasteiger partial charge in [0, 0.05) is 17.6 Å². The molecule has 0 saturated heterocycles. The zero-order valence-corrected chi connectivity index (χ0v) is 10.0. The van der Waals surface area contributed by atoms with E-state index in [0.717, 1.165) is 0 Å². The Balaban J connectivity index is 1.96. The molecule has 0 saturated carbocycles. The summed E-state index contributed by atoms with van der Waals surface area (Å²) >= 11 is 1.40. The molecule has 0 radical (unpaired) electrons. The predicted molar refractivity (Wildman–Crippen MR) is 64.4 cm³/mol. The topological polar surface area (TPSA) is 85.3 Å². The van der Waals surface area contributed by atoms with Gasteiger partial charge in [-0.1, -0.05) is 5.21 Å². The summed E-state index contributed by atoms with van der Waals surface area (Å²) in [6, 6.07) is 1.47. The molecule has 3 aromatic heterocycles. The Morgan fingerprint density at radius 2 is 2.28 bits per heavy atom. The number of fused-ring (bicyclic) bond motifs is 1. The van der Waals surface area contributed by atoms with Gasteiger partial charge in [0.15, 0.2) is 4.96 Å². The molecule has 0 bridgehead atoms. The zero-order chi connectivity index (χ0) is 12.5. The van der Waals surface area contributed by atoms with E-state index in [4.69, 9.17) is 5.11 Å². The second-order valence-corrected chi connectivity index (χ2v) is 4.58. The van der Waals surface area contributed by atoms with Gasteiger partial charge in [-0.15, -0.1) is 16.4 Å². The van der Waals surface area contributed by atoms with E-state index in [2.05, 4.69) is 15.3 Å². The first-order valence-electron chi connectivity index (χ1n) is 5.22. The van der Waals surface area contributed by atoms with Gasteiger partial charge >= 0.3 is 0 Å². The molecule has 8 heteroatoms. The molecule has 0 spiro atoms. The summed E-state index contributed by atoms with van der Waals surface area (Å²) in [5, 5.41) is 18.3. The lowest BCUT2D eigenvalue weighted by atomic mass is 10.4. The first-order valence-corrected chi connectivity index (χ1v) is 6.10. The standard InChI is InChI=1S/C10H9N5O2S/c16-6-8-5-14(13-12-8)4-7-3-9(17)15-1-2-18-10(15)11-7/h1-3,5,16H,4,6H2. The fourth-order valence-corrected chi connectivity index (χ4v) is 2.36. The Bertz CT molecular complexity index is 744. The van der Waals surface area contributed by atoms with Crippen LogP contribution in [0, 0.1) is 0 Å². The molecule has 3 heterocycles. The highest BCUT2D eigenvalue weighted by molar-refractivity contribution is 7.15. The van der Waals surface area contributed by atoms with Crippen LogP contribution in [0.4, 0.5) is 0 Å². The normalized spacial score (nSPS) is 11.2. The lowest BCUT2D eigenvalue weighted by Gasteiger charge is -2.00. The van der Waals surface area contributed by atoms with Gasteiger partial charge in [-0.25, -0.2) is 9.67 Å². The Labute approximate surface area is 105 Å². The average molecular weight is 263 g/mol. The molecule has 3 rings (SSSR count). The number of thiazole rings is 1. The molecule has 0 aromatic carbocycles. The number of aliphatic hydroxyl groups excluding tert-OH is 1. The molecular formula is C10H9N5O2S. The molecule has 0 amide bonds. The average Bonchev–Trinajstić information content (AvgIpc) is 2.97. The maximum Gasteiger partial charge on any atom is 0.258 e. The number of hydrogen-bond donors (Lipinski definition) is 1. The Kier molecular flexibility index (Phi) is 2.65. The van der Waals surface area contributed by atoms with E-state index in [1.807, 2.05) is 5.38 Å². The summed E-state index contributed by atoms with van der Waals surface area (Å²) in [6.07, 6.45) is 3.32. The smallest absolute Gasteiger partial charge is 0.258 e. The van der Waals surface area contributed by atoms with Gasteiger partial charge in [0.1, 0.15) is 5.69 Å². The lowest BCUT2D eigenvalue weighted by molar-refractivity contribution is 0.276. The Morgan fingerprint density at radius 3 is 3.06 bits per heavy atom. The molecule has 18 heavy (non-hydrogen) atoms. The zero-order valence-electron chi connectivity index (χ0n) is 9.22. The summed E-state index contributed by atoms with van der Waals surface area (Å²) in [5.41, 5.74) is 1.000. The minimum Gasteiger partial charge on any atom is -0.390 e. The fourth-order valence-electron chi connectivity index (χ4n) is 1.62. The summed E-state index contributed by atoms with van der Waals surface area (Å²) in [5.74, 6) is 0. The summed E-state index contributed by atoms with van der Waals surface area (Å²) in [4.78, 5) is 16.8. The van der Waals surface area contributed by atoms with Crippen LogP contribution in [-0.2, 0) is 13.2 Å². The maximum absolute atomic E-state index is 11.8. The summed E-state index contributed by atoms with van der Waals surface area (Å²) in [7, 11) is 0. The van der Waals surface area contributed by atoms with Crippen molar-refractivity contribution in [2.24, 2.45) is 0 Å². The summed E-state index contributed by atoms with van der Waals surface area (Å²) in [6.45, 7) is 0.205. The number of rotatable bonds is 3. The highest BCUT2D eigenvalue weighted by atomic mass is 32.1. The van der Waals surface area contributed by atoms with Crippen molar-refractivity contribution in [2.75, 3.05) is 0 Å². The van der Waals surface area contributed by atoms with Gasteiger partial charge in [-0.05, 0) is 0 Å². The minimum atomic E-state index is -0.153. The van der Waals surface area contributed by atoms with Crippen LogP contribution < -0.4 is 5.56 Å². The maximum atomic E-state index is 11.8. The van der Waals surface area contributed by atoms with E-state index in [1.165, 1.54) is 26.5 Å². The highest BCUT2D eigenvalue weighted by Crippen LogP contribution is 2.07. The molecule has 7 nitrogen and oxygen atoms in total. The van der Waals surface area contributed by atoms with Crippen molar-refractivity contribution in [3.05, 3.63) is 45.6 Å². The number of nitrogens with zero attached hydrogens (tertiary/aromatic N) is 5. The van der Waals surface area contributed by atoms with Crippen LogP contribution in [-0.4, -0.2) is 29.5 Å². The SMILES string of the molecule is O=c1cc(Cn2cc(CO)nn2)nc2sccn12. The first-order chi connectivity index (χ1) is 8.76. The van der Waals surface area contributed by atoms with Crippen molar-refractivity contribution in [3.63, 3.8) is 0 Å². The van der Waals surface area contributed by atoms with Gasteiger partial charge in [0.25, 0.3) is 5.56 Å². The monoisotopic (exact) mass is 263 g/mol. The van der Waals surface area contributed by atoms with Crippen molar-refractivity contribution in [3.8, 4) is 0 Å². The second-order valence-electron chi connectivity index (χ2n) is 3.71. The van der Waals surface area contributed by atoms with E-state index >= 15 is 0 Å². The van der Waals surface area contributed by atoms with Gasteiger partial charge in [-0.3, -0.25) is 9.20 Å². The minimum absolute atomic E-state index is 0.112. The molecule has 0 aliphatic heterocycles. The third kappa shape index (κ3) is 1.91. The van der Waals surface area contributed by atoms with Crippen molar-refractivity contribution in [1.82, 2.24) is 24.4 Å². The van der Waals surface area contributed by atoms with E-state index in [9.17, 15) is 4.79 Å². The van der Waals surface area contributed by atoms with Gasteiger partial charge in [0.2, 0.25) is 0 Å². The van der Waals surface area contributed by atoms with E-state index < -0.39 is 0 Å². The van der Waals surface area contributed by atoms with Crippen molar-refractivity contribution in [1.29, 1.82) is 0 Å². The highest BCUT2D eigenvalue weighted by Gasteiger charge is 2.05. The molecule has 0 atom stereocenters. The molecular weight excluding hydrogens is 254 g/mol. The number of hydrogen-bond acceptors (Lipinski definition) is 6. The fraction of sp³-hybridized carbons (Fsp3) is 0.200. The molecule has 0 aliphatic rings. The van der Waals surface area contributed by atoms with Crippen molar-refractivity contribution < 1.29 is 5.11 Å².